The number of benzene rings is 2. The summed E-state index contributed by atoms with van der Waals surface area (Å²) in [6, 6.07) is 15.1. The Morgan fingerprint density at radius 2 is 1.86 bits per heavy atom. The zero-order chi connectivity index (χ0) is 15.1. The lowest BCUT2D eigenvalue weighted by molar-refractivity contribution is -0.121. The molecule has 0 aliphatic rings. The lowest BCUT2D eigenvalue weighted by atomic mass is 10.1. The first-order valence-electron chi connectivity index (χ1n) is 6.98. The topological polar surface area (TPSA) is 75.4 Å². The maximum Gasteiger partial charge on any atom is 0.220 e. The van der Waals surface area contributed by atoms with Gasteiger partial charge in [0.2, 0.25) is 5.91 Å². The number of hydrogen-bond donors (Lipinski definition) is 3. The molecule has 21 heavy (non-hydrogen) atoms. The van der Waals surface area contributed by atoms with Gasteiger partial charge in [0.05, 0.1) is 6.61 Å². The van der Waals surface area contributed by atoms with E-state index in [0.29, 0.717) is 19.4 Å². The summed E-state index contributed by atoms with van der Waals surface area (Å²) in [7, 11) is 0. The van der Waals surface area contributed by atoms with Gasteiger partial charge >= 0.3 is 0 Å². The number of aliphatic hydroxyl groups is 1. The largest absolute Gasteiger partial charge is 0.399 e. The Kier molecular flexibility index (Phi) is 5.35. The molecule has 0 saturated carbocycles. The Labute approximate surface area is 124 Å². The van der Waals surface area contributed by atoms with Crippen LogP contribution >= 0.6 is 0 Å². The SMILES string of the molecule is Nc1ccccc1CCC(=O)NCc1cccc(CO)c1. The Morgan fingerprint density at radius 1 is 1.10 bits per heavy atom. The maximum absolute atomic E-state index is 11.9. The van der Waals surface area contributed by atoms with E-state index in [1.54, 1.807) is 0 Å². The van der Waals surface area contributed by atoms with Crippen LogP contribution in [0.2, 0.25) is 0 Å². The number of para-hydroxylation sites is 1. The van der Waals surface area contributed by atoms with E-state index in [9.17, 15) is 4.79 Å². The first-order chi connectivity index (χ1) is 10.2. The highest BCUT2D eigenvalue weighted by Crippen LogP contribution is 2.12. The van der Waals surface area contributed by atoms with E-state index in [1.807, 2.05) is 48.5 Å². The first kappa shape index (κ1) is 15.1. The van der Waals surface area contributed by atoms with Gasteiger partial charge in [-0.1, -0.05) is 42.5 Å². The predicted octanol–water partition coefficient (Wildman–Crippen LogP) is 2.01. The molecule has 0 aromatic heterocycles. The third-order valence-corrected chi connectivity index (χ3v) is 3.34. The molecular formula is C17H20N2O2. The fourth-order valence-corrected chi connectivity index (χ4v) is 2.14. The van der Waals surface area contributed by atoms with Gasteiger partial charge in [-0.3, -0.25) is 4.79 Å². The molecule has 0 unspecified atom stereocenters. The standard InChI is InChI=1S/C17H20N2O2/c18-16-7-2-1-6-15(16)8-9-17(21)19-11-13-4-3-5-14(10-13)12-20/h1-7,10,20H,8-9,11-12,18H2,(H,19,21). The van der Waals surface area contributed by atoms with Crippen molar-refractivity contribution in [1.82, 2.24) is 5.32 Å². The molecule has 0 heterocycles. The Morgan fingerprint density at radius 3 is 2.62 bits per heavy atom. The van der Waals surface area contributed by atoms with Crippen LogP contribution in [0.1, 0.15) is 23.1 Å². The minimum Gasteiger partial charge on any atom is -0.399 e. The molecule has 0 bridgehead atoms. The van der Waals surface area contributed by atoms with Crippen LogP contribution in [-0.4, -0.2) is 11.0 Å². The van der Waals surface area contributed by atoms with Crippen molar-refractivity contribution in [2.45, 2.75) is 26.0 Å². The number of nitrogens with one attached hydrogen (secondary N) is 1. The van der Waals surface area contributed by atoms with Crippen LogP contribution in [0.3, 0.4) is 0 Å². The van der Waals surface area contributed by atoms with Crippen molar-refractivity contribution in [2.75, 3.05) is 5.73 Å². The van der Waals surface area contributed by atoms with Crippen LogP contribution in [0.4, 0.5) is 5.69 Å². The molecule has 4 N–H and O–H groups in total. The van der Waals surface area contributed by atoms with Crippen LogP contribution < -0.4 is 11.1 Å². The molecule has 0 aliphatic carbocycles. The molecule has 2 rings (SSSR count). The van der Waals surface area contributed by atoms with E-state index >= 15 is 0 Å². The highest BCUT2D eigenvalue weighted by molar-refractivity contribution is 5.76. The number of carbonyl (C=O) groups is 1. The summed E-state index contributed by atoms with van der Waals surface area (Å²) < 4.78 is 0. The molecule has 0 radical (unpaired) electrons. The Hall–Kier alpha value is -2.33. The quantitative estimate of drug-likeness (QED) is 0.710. The lowest BCUT2D eigenvalue weighted by Crippen LogP contribution is -2.23. The lowest BCUT2D eigenvalue weighted by Gasteiger charge is -2.08. The van der Waals surface area contributed by atoms with Crippen molar-refractivity contribution in [3.63, 3.8) is 0 Å². The summed E-state index contributed by atoms with van der Waals surface area (Å²) in [6.45, 7) is 0.478. The molecule has 0 atom stereocenters. The summed E-state index contributed by atoms with van der Waals surface area (Å²) >= 11 is 0. The second kappa shape index (κ2) is 7.45. The highest BCUT2D eigenvalue weighted by Gasteiger charge is 2.04. The number of aliphatic hydroxyl groups excluding tert-OH is 1. The van der Waals surface area contributed by atoms with Crippen molar-refractivity contribution in [1.29, 1.82) is 0 Å². The normalized spacial score (nSPS) is 10.3. The van der Waals surface area contributed by atoms with Gasteiger partial charge in [-0.05, 0) is 29.2 Å². The maximum atomic E-state index is 11.9. The number of anilines is 1. The van der Waals surface area contributed by atoms with E-state index < -0.39 is 0 Å². The summed E-state index contributed by atoms with van der Waals surface area (Å²) in [4.78, 5) is 11.9. The number of nitrogens with two attached hydrogens (primary N) is 1. The highest BCUT2D eigenvalue weighted by atomic mass is 16.3. The predicted molar refractivity (Wildman–Crippen MR) is 83.4 cm³/mol. The number of rotatable bonds is 6. The molecule has 4 heteroatoms. The molecular weight excluding hydrogens is 264 g/mol. The molecule has 0 spiro atoms. The van der Waals surface area contributed by atoms with Gasteiger partial charge in [0.25, 0.3) is 0 Å². The molecule has 2 aromatic carbocycles. The summed E-state index contributed by atoms with van der Waals surface area (Å²) in [5.41, 5.74) is 9.39. The van der Waals surface area contributed by atoms with Gasteiger partial charge in [0.1, 0.15) is 0 Å². The summed E-state index contributed by atoms with van der Waals surface area (Å²) in [5, 5.41) is 12.0. The third kappa shape index (κ3) is 4.61. The second-order valence-electron chi connectivity index (χ2n) is 4.95. The van der Waals surface area contributed by atoms with Gasteiger partial charge in [0.15, 0.2) is 0 Å². The molecule has 0 fully saturated rings. The Balaban J connectivity index is 1.81. The van der Waals surface area contributed by atoms with Gasteiger partial charge < -0.3 is 16.2 Å². The fraction of sp³-hybridized carbons (Fsp3) is 0.235. The van der Waals surface area contributed by atoms with Crippen LogP contribution in [0.5, 0.6) is 0 Å². The van der Waals surface area contributed by atoms with E-state index in [0.717, 1.165) is 22.4 Å². The second-order valence-corrected chi connectivity index (χ2v) is 4.95. The molecule has 4 nitrogen and oxygen atoms in total. The number of hydrogen-bond acceptors (Lipinski definition) is 3. The van der Waals surface area contributed by atoms with Crippen LogP contribution in [0.25, 0.3) is 0 Å². The van der Waals surface area contributed by atoms with Crippen LogP contribution in [-0.2, 0) is 24.4 Å². The number of carbonyl (C=O) groups excluding carboxylic acids is 1. The number of nitrogen functional groups attached to an aromatic ring is 1. The van der Waals surface area contributed by atoms with Gasteiger partial charge in [-0.25, -0.2) is 0 Å². The molecule has 2 aromatic rings. The minimum atomic E-state index is -0.00680. The minimum absolute atomic E-state index is 0.00680. The summed E-state index contributed by atoms with van der Waals surface area (Å²) in [6.07, 6.45) is 1.04. The number of aryl methyl sites for hydroxylation is 1. The van der Waals surface area contributed by atoms with Crippen molar-refractivity contribution in [3.8, 4) is 0 Å². The summed E-state index contributed by atoms with van der Waals surface area (Å²) in [5.74, 6) is -0.00680. The van der Waals surface area contributed by atoms with Crippen molar-refractivity contribution in [3.05, 3.63) is 65.2 Å². The molecule has 110 valence electrons. The average Bonchev–Trinajstić information content (AvgIpc) is 2.52. The van der Waals surface area contributed by atoms with E-state index in [-0.39, 0.29) is 12.5 Å². The van der Waals surface area contributed by atoms with Crippen LogP contribution in [0.15, 0.2) is 48.5 Å². The van der Waals surface area contributed by atoms with Gasteiger partial charge in [-0.15, -0.1) is 0 Å². The molecule has 1 amide bonds. The van der Waals surface area contributed by atoms with Crippen molar-refractivity contribution in [2.24, 2.45) is 0 Å². The van der Waals surface area contributed by atoms with Crippen LogP contribution in [0, 0.1) is 0 Å². The van der Waals surface area contributed by atoms with Gasteiger partial charge in [-0.2, -0.15) is 0 Å². The zero-order valence-electron chi connectivity index (χ0n) is 11.9. The van der Waals surface area contributed by atoms with E-state index in [2.05, 4.69) is 5.32 Å². The first-order valence-corrected chi connectivity index (χ1v) is 6.98. The van der Waals surface area contributed by atoms with E-state index in [4.69, 9.17) is 10.8 Å². The monoisotopic (exact) mass is 284 g/mol. The van der Waals surface area contributed by atoms with E-state index in [1.165, 1.54) is 0 Å². The third-order valence-electron chi connectivity index (χ3n) is 3.34. The molecule has 0 aliphatic heterocycles. The molecule has 0 saturated heterocycles. The van der Waals surface area contributed by atoms with Crippen molar-refractivity contribution >= 4 is 11.6 Å². The number of amides is 1. The average molecular weight is 284 g/mol. The van der Waals surface area contributed by atoms with Crippen molar-refractivity contribution < 1.29 is 9.90 Å². The fourth-order valence-electron chi connectivity index (χ4n) is 2.14. The smallest absolute Gasteiger partial charge is 0.220 e. The van der Waals surface area contributed by atoms with Gasteiger partial charge in [0, 0.05) is 18.7 Å². The zero-order valence-corrected chi connectivity index (χ0v) is 11.9. The Bertz CT molecular complexity index is 611.